The van der Waals surface area contributed by atoms with Gasteiger partial charge in [-0.15, -0.1) is 0 Å². The van der Waals surface area contributed by atoms with Gasteiger partial charge in [0, 0.05) is 24.8 Å². The first-order chi connectivity index (χ1) is 10.5. The van der Waals surface area contributed by atoms with E-state index in [1.165, 1.54) is 19.1 Å². The van der Waals surface area contributed by atoms with Crippen molar-refractivity contribution in [3.05, 3.63) is 18.2 Å². The Morgan fingerprint density at radius 2 is 2.00 bits per heavy atom. The monoisotopic (exact) mass is 308 g/mol. The van der Waals surface area contributed by atoms with Crippen LogP contribution in [0.15, 0.2) is 18.2 Å². The lowest BCUT2D eigenvalue weighted by Crippen LogP contribution is -2.44. The lowest BCUT2D eigenvalue weighted by atomic mass is 9.99. The molecule has 1 aromatic carbocycles. The molecule has 2 amide bonds. The molecule has 1 fully saturated rings. The summed E-state index contributed by atoms with van der Waals surface area (Å²) in [7, 11) is 3.06. The summed E-state index contributed by atoms with van der Waals surface area (Å²) in [6, 6.07) is 4.76. The van der Waals surface area contributed by atoms with Crippen LogP contribution in [0.2, 0.25) is 0 Å². The standard InChI is InChI=1S/C15H20N2O5/c1-21-12-6-5-11(8-13(12)22-2)16-15(20)17-7-3-4-10(9-17)14(18)19/h5-6,8,10H,3-4,7,9H2,1-2H3,(H,16,20)(H,18,19). The molecule has 0 spiro atoms. The van der Waals surface area contributed by atoms with Crippen molar-refractivity contribution < 1.29 is 24.2 Å². The Morgan fingerprint density at radius 3 is 2.64 bits per heavy atom. The SMILES string of the molecule is COc1ccc(NC(=O)N2CCCC(C(=O)O)C2)cc1OC. The number of urea groups is 1. The Kier molecular flexibility index (Phi) is 5.08. The van der Waals surface area contributed by atoms with E-state index in [0.29, 0.717) is 36.6 Å². The molecule has 1 aromatic rings. The molecule has 1 saturated heterocycles. The predicted molar refractivity (Wildman–Crippen MR) is 80.5 cm³/mol. The summed E-state index contributed by atoms with van der Waals surface area (Å²) in [5, 5.41) is 11.8. The van der Waals surface area contributed by atoms with E-state index in [1.807, 2.05) is 0 Å². The van der Waals surface area contributed by atoms with Crippen LogP contribution < -0.4 is 14.8 Å². The summed E-state index contributed by atoms with van der Waals surface area (Å²) in [4.78, 5) is 24.8. The number of carboxylic acids is 1. The average Bonchev–Trinajstić information content (AvgIpc) is 2.54. The van der Waals surface area contributed by atoms with Gasteiger partial charge in [-0.2, -0.15) is 0 Å². The molecule has 1 aliphatic heterocycles. The Balaban J connectivity index is 2.04. The minimum Gasteiger partial charge on any atom is -0.493 e. The second-order valence-electron chi connectivity index (χ2n) is 5.12. The van der Waals surface area contributed by atoms with Crippen molar-refractivity contribution in [1.82, 2.24) is 4.90 Å². The summed E-state index contributed by atoms with van der Waals surface area (Å²) in [6.45, 7) is 0.789. The fourth-order valence-electron chi connectivity index (χ4n) is 2.48. The minimum absolute atomic E-state index is 0.231. The van der Waals surface area contributed by atoms with Gasteiger partial charge in [0.25, 0.3) is 0 Å². The van der Waals surface area contributed by atoms with Gasteiger partial charge in [-0.25, -0.2) is 4.79 Å². The molecule has 0 aliphatic carbocycles. The number of aliphatic carboxylic acids is 1. The second kappa shape index (κ2) is 7.02. The third kappa shape index (κ3) is 3.60. The van der Waals surface area contributed by atoms with E-state index in [-0.39, 0.29) is 12.6 Å². The van der Waals surface area contributed by atoms with Gasteiger partial charge in [-0.3, -0.25) is 4.79 Å². The predicted octanol–water partition coefficient (Wildman–Crippen LogP) is 2.03. The quantitative estimate of drug-likeness (QED) is 0.888. The number of piperidine rings is 1. The highest BCUT2D eigenvalue weighted by atomic mass is 16.5. The third-order valence-corrected chi connectivity index (χ3v) is 3.69. The second-order valence-corrected chi connectivity index (χ2v) is 5.12. The number of nitrogens with zero attached hydrogens (tertiary/aromatic N) is 1. The number of ether oxygens (including phenoxy) is 2. The zero-order valence-corrected chi connectivity index (χ0v) is 12.7. The molecule has 22 heavy (non-hydrogen) atoms. The van der Waals surface area contributed by atoms with Crippen LogP contribution in [-0.2, 0) is 4.79 Å². The summed E-state index contributed by atoms with van der Waals surface area (Å²) in [6.07, 6.45) is 1.30. The summed E-state index contributed by atoms with van der Waals surface area (Å²) >= 11 is 0. The number of anilines is 1. The highest BCUT2D eigenvalue weighted by Gasteiger charge is 2.28. The minimum atomic E-state index is -0.858. The number of likely N-dealkylation sites (tertiary alicyclic amines) is 1. The first-order valence-electron chi connectivity index (χ1n) is 7.06. The number of hydrogen-bond acceptors (Lipinski definition) is 4. The van der Waals surface area contributed by atoms with E-state index in [4.69, 9.17) is 14.6 Å². The maximum atomic E-state index is 12.2. The van der Waals surface area contributed by atoms with Crippen LogP contribution in [0.1, 0.15) is 12.8 Å². The molecule has 1 heterocycles. The first kappa shape index (κ1) is 15.9. The molecular formula is C15H20N2O5. The largest absolute Gasteiger partial charge is 0.493 e. The zero-order valence-electron chi connectivity index (χ0n) is 12.7. The molecule has 0 bridgehead atoms. The first-order valence-corrected chi connectivity index (χ1v) is 7.06. The fourth-order valence-corrected chi connectivity index (χ4v) is 2.48. The van der Waals surface area contributed by atoms with Crippen LogP contribution in [0.25, 0.3) is 0 Å². The Hall–Kier alpha value is -2.44. The molecular weight excluding hydrogens is 288 g/mol. The molecule has 0 radical (unpaired) electrons. The lowest BCUT2D eigenvalue weighted by Gasteiger charge is -2.30. The molecule has 1 atom stereocenters. The molecule has 7 heteroatoms. The van der Waals surface area contributed by atoms with Crippen LogP contribution in [-0.4, -0.2) is 49.3 Å². The third-order valence-electron chi connectivity index (χ3n) is 3.69. The summed E-state index contributed by atoms with van der Waals surface area (Å²) in [5.41, 5.74) is 0.570. The van der Waals surface area contributed by atoms with Gasteiger partial charge < -0.3 is 24.8 Å². The van der Waals surface area contributed by atoms with Crippen molar-refractivity contribution >= 4 is 17.7 Å². The van der Waals surface area contributed by atoms with Crippen molar-refractivity contribution in [2.45, 2.75) is 12.8 Å². The highest BCUT2D eigenvalue weighted by Crippen LogP contribution is 2.30. The number of rotatable bonds is 4. The number of amides is 2. The number of carbonyl (C=O) groups is 2. The van der Waals surface area contributed by atoms with Gasteiger partial charge in [-0.1, -0.05) is 0 Å². The van der Waals surface area contributed by atoms with Crippen LogP contribution in [0.3, 0.4) is 0 Å². The maximum absolute atomic E-state index is 12.2. The normalized spacial score (nSPS) is 17.7. The number of carboxylic acid groups (broad SMARTS) is 1. The van der Waals surface area contributed by atoms with E-state index in [1.54, 1.807) is 18.2 Å². The average molecular weight is 308 g/mol. The summed E-state index contributed by atoms with van der Waals surface area (Å²) in [5.74, 6) is -0.264. The number of benzene rings is 1. The van der Waals surface area contributed by atoms with E-state index < -0.39 is 11.9 Å². The van der Waals surface area contributed by atoms with Gasteiger partial charge in [0.15, 0.2) is 11.5 Å². The molecule has 0 saturated carbocycles. The molecule has 1 aliphatic rings. The molecule has 1 unspecified atom stereocenters. The van der Waals surface area contributed by atoms with Crippen molar-refractivity contribution in [2.24, 2.45) is 5.92 Å². The molecule has 0 aromatic heterocycles. The van der Waals surface area contributed by atoms with Crippen LogP contribution in [0.5, 0.6) is 11.5 Å². The van der Waals surface area contributed by atoms with Gasteiger partial charge in [-0.05, 0) is 25.0 Å². The zero-order chi connectivity index (χ0) is 16.1. The Labute approximate surface area is 128 Å². The Morgan fingerprint density at radius 1 is 1.27 bits per heavy atom. The van der Waals surface area contributed by atoms with E-state index in [9.17, 15) is 9.59 Å². The topological polar surface area (TPSA) is 88.1 Å². The molecule has 7 nitrogen and oxygen atoms in total. The summed E-state index contributed by atoms with van der Waals surface area (Å²) < 4.78 is 10.3. The van der Waals surface area contributed by atoms with Crippen LogP contribution in [0, 0.1) is 5.92 Å². The number of hydrogen-bond donors (Lipinski definition) is 2. The molecule has 2 N–H and O–H groups in total. The van der Waals surface area contributed by atoms with Gasteiger partial charge in [0.1, 0.15) is 0 Å². The van der Waals surface area contributed by atoms with Crippen LogP contribution in [0.4, 0.5) is 10.5 Å². The van der Waals surface area contributed by atoms with Gasteiger partial charge in [0.2, 0.25) is 0 Å². The lowest BCUT2D eigenvalue weighted by molar-refractivity contribution is -0.143. The van der Waals surface area contributed by atoms with Crippen molar-refractivity contribution in [3.8, 4) is 11.5 Å². The number of methoxy groups -OCH3 is 2. The van der Waals surface area contributed by atoms with E-state index in [2.05, 4.69) is 5.32 Å². The van der Waals surface area contributed by atoms with Crippen molar-refractivity contribution in [1.29, 1.82) is 0 Å². The fraction of sp³-hybridized carbons (Fsp3) is 0.467. The number of nitrogens with one attached hydrogen (secondary N) is 1. The Bertz CT molecular complexity index is 561. The molecule has 2 rings (SSSR count). The smallest absolute Gasteiger partial charge is 0.321 e. The van der Waals surface area contributed by atoms with Gasteiger partial charge >= 0.3 is 12.0 Å². The molecule has 120 valence electrons. The maximum Gasteiger partial charge on any atom is 0.321 e. The number of carbonyl (C=O) groups excluding carboxylic acids is 1. The van der Waals surface area contributed by atoms with E-state index in [0.717, 1.165) is 0 Å². The van der Waals surface area contributed by atoms with Crippen molar-refractivity contribution in [3.63, 3.8) is 0 Å². The highest BCUT2D eigenvalue weighted by molar-refractivity contribution is 5.90. The van der Waals surface area contributed by atoms with Crippen LogP contribution >= 0.6 is 0 Å². The van der Waals surface area contributed by atoms with Crippen molar-refractivity contribution in [2.75, 3.05) is 32.6 Å². The van der Waals surface area contributed by atoms with E-state index >= 15 is 0 Å². The van der Waals surface area contributed by atoms with Gasteiger partial charge in [0.05, 0.1) is 20.1 Å².